The fourth-order valence-corrected chi connectivity index (χ4v) is 1.73. The minimum atomic E-state index is 0. The molecule has 0 aromatic heterocycles. The van der Waals surface area contributed by atoms with Gasteiger partial charge in [-0.25, -0.2) is 0 Å². The molecule has 1 amide bonds. The van der Waals surface area contributed by atoms with E-state index in [-0.39, 0.29) is 18.3 Å². The van der Waals surface area contributed by atoms with Crippen LogP contribution < -0.4 is 5.32 Å². The van der Waals surface area contributed by atoms with Crippen LogP contribution in [0.5, 0.6) is 0 Å². The first-order chi connectivity index (χ1) is 6.75. The lowest BCUT2D eigenvalue weighted by Gasteiger charge is -2.31. The Labute approximate surface area is 97.8 Å². The smallest absolute Gasteiger partial charge is 0.224 e. The number of likely N-dealkylation sites (N-methyl/N-ethyl adjacent to an activating group) is 1. The third-order valence-electron chi connectivity index (χ3n) is 2.73. The summed E-state index contributed by atoms with van der Waals surface area (Å²) in [5.74, 6) is 0.181. The molecule has 0 aliphatic carbocycles. The number of methoxy groups -OCH3 is 1. The van der Waals surface area contributed by atoms with Gasteiger partial charge in [-0.05, 0) is 19.4 Å². The van der Waals surface area contributed by atoms with Gasteiger partial charge in [0.25, 0.3) is 0 Å². The maximum Gasteiger partial charge on any atom is 0.224 e. The topological polar surface area (TPSA) is 41.6 Å². The van der Waals surface area contributed by atoms with Crippen LogP contribution in [0.1, 0.15) is 19.3 Å². The largest absolute Gasteiger partial charge is 0.384 e. The van der Waals surface area contributed by atoms with Gasteiger partial charge in [0.15, 0.2) is 0 Å². The van der Waals surface area contributed by atoms with Crippen LogP contribution in [0.25, 0.3) is 0 Å². The molecule has 1 fully saturated rings. The first-order valence-corrected chi connectivity index (χ1v) is 5.21. The lowest BCUT2D eigenvalue weighted by atomic mass is 10.1. The maximum atomic E-state index is 11.6. The molecule has 15 heavy (non-hydrogen) atoms. The Morgan fingerprint density at radius 2 is 2.33 bits per heavy atom. The number of rotatable bonds is 4. The Balaban J connectivity index is 0.00000196. The normalized spacial score (nSPS) is 20.5. The number of halogens is 1. The summed E-state index contributed by atoms with van der Waals surface area (Å²) in [5, 5.41) is 3.30. The summed E-state index contributed by atoms with van der Waals surface area (Å²) in [6.45, 7) is 2.52. The zero-order valence-corrected chi connectivity index (χ0v) is 10.3. The lowest BCUT2D eigenvalue weighted by Crippen LogP contribution is -2.46. The van der Waals surface area contributed by atoms with E-state index in [1.807, 2.05) is 11.9 Å². The number of nitrogens with one attached hydrogen (secondary N) is 1. The van der Waals surface area contributed by atoms with Gasteiger partial charge >= 0.3 is 0 Å². The molecule has 1 saturated heterocycles. The minimum absolute atomic E-state index is 0. The van der Waals surface area contributed by atoms with Crippen molar-refractivity contribution < 1.29 is 9.53 Å². The molecule has 1 aliphatic heterocycles. The van der Waals surface area contributed by atoms with E-state index < -0.39 is 0 Å². The highest BCUT2D eigenvalue weighted by molar-refractivity contribution is 5.85. The van der Waals surface area contributed by atoms with Crippen molar-refractivity contribution >= 4 is 18.3 Å². The van der Waals surface area contributed by atoms with Crippen molar-refractivity contribution in [2.45, 2.75) is 25.3 Å². The van der Waals surface area contributed by atoms with Crippen LogP contribution in [0.3, 0.4) is 0 Å². The quantitative estimate of drug-likeness (QED) is 0.780. The van der Waals surface area contributed by atoms with E-state index in [9.17, 15) is 4.79 Å². The molecule has 0 radical (unpaired) electrons. The molecule has 0 saturated carbocycles. The number of piperidine rings is 1. The molecule has 1 atom stereocenters. The van der Waals surface area contributed by atoms with Crippen molar-refractivity contribution in [1.29, 1.82) is 0 Å². The van der Waals surface area contributed by atoms with Gasteiger partial charge in [0, 0.05) is 26.7 Å². The van der Waals surface area contributed by atoms with Crippen LogP contribution in [0.2, 0.25) is 0 Å². The van der Waals surface area contributed by atoms with Crippen LogP contribution in [0.15, 0.2) is 0 Å². The molecule has 1 heterocycles. The summed E-state index contributed by atoms with van der Waals surface area (Å²) in [6.07, 6.45) is 2.76. The van der Waals surface area contributed by atoms with Gasteiger partial charge in [-0.3, -0.25) is 4.79 Å². The highest BCUT2D eigenvalue weighted by Crippen LogP contribution is 2.09. The summed E-state index contributed by atoms with van der Waals surface area (Å²) in [7, 11) is 3.51. The van der Waals surface area contributed by atoms with E-state index in [0.29, 0.717) is 19.1 Å². The van der Waals surface area contributed by atoms with E-state index in [2.05, 4.69) is 5.32 Å². The van der Waals surface area contributed by atoms with Crippen LogP contribution >= 0.6 is 12.4 Å². The minimum Gasteiger partial charge on any atom is -0.384 e. The second kappa shape index (κ2) is 7.91. The van der Waals surface area contributed by atoms with Gasteiger partial charge in [-0.2, -0.15) is 0 Å². The molecular weight excluding hydrogens is 216 g/mol. The van der Waals surface area contributed by atoms with Crippen molar-refractivity contribution in [3.05, 3.63) is 0 Å². The molecule has 1 N–H and O–H groups in total. The monoisotopic (exact) mass is 236 g/mol. The van der Waals surface area contributed by atoms with E-state index >= 15 is 0 Å². The molecule has 0 bridgehead atoms. The van der Waals surface area contributed by atoms with Crippen molar-refractivity contribution in [3.63, 3.8) is 0 Å². The lowest BCUT2D eigenvalue weighted by molar-refractivity contribution is -0.133. The number of hydrogen-bond donors (Lipinski definition) is 1. The van der Waals surface area contributed by atoms with Gasteiger partial charge in [0.05, 0.1) is 13.0 Å². The molecule has 0 spiro atoms. The van der Waals surface area contributed by atoms with Gasteiger partial charge in [-0.1, -0.05) is 0 Å². The Morgan fingerprint density at radius 3 is 2.87 bits per heavy atom. The van der Waals surface area contributed by atoms with E-state index in [1.165, 1.54) is 0 Å². The second-order valence-corrected chi connectivity index (χ2v) is 3.75. The number of carbonyl (C=O) groups is 1. The average Bonchev–Trinajstić information content (AvgIpc) is 2.26. The Morgan fingerprint density at radius 1 is 1.60 bits per heavy atom. The summed E-state index contributed by atoms with van der Waals surface area (Å²) in [4.78, 5) is 13.5. The fourth-order valence-electron chi connectivity index (χ4n) is 1.73. The summed E-state index contributed by atoms with van der Waals surface area (Å²) in [6, 6.07) is 0.369. The molecule has 1 rings (SSSR count). The number of nitrogens with zero attached hydrogens (tertiary/aromatic N) is 1. The van der Waals surface area contributed by atoms with Crippen LogP contribution in [-0.4, -0.2) is 50.7 Å². The highest BCUT2D eigenvalue weighted by Gasteiger charge is 2.21. The van der Waals surface area contributed by atoms with E-state index in [0.717, 1.165) is 25.9 Å². The maximum absolute atomic E-state index is 11.6. The van der Waals surface area contributed by atoms with Crippen molar-refractivity contribution in [3.8, 4) is 0 Å². The van der Waals surface area contributed by atoms with Gasteiger partial charge in [0.1, 0.15) is 0 Å². The first kappa shape index (κ1) is 14.7. The third kappa shape index (κ3) is 4.82. The number of ether oxygens (including phenoxy) is 1. The zero-order chi connectivity index (χ0) is 10.4. The molecule has 0 aromatic carbocycles. The molecular formula is C10H21ClN2O2. The van der Waals surface area contributed by atoms with Gasteiger partial charge < -0.3 is 15.0 Å². The first-order valence-electron chi connectivity index (χ1n) is 5.21. The second-order valence-electron chi connectivity index (χ2n) is 3.75. The Kier molecular flexibility index (Phi) is 7.74. The summed E-state index contributed by atoms with van der Waals surface area (Å²) < 4.78 is 4.89. The number of hydrogen-bond acceptors (Lipinski definition) is 3. The average molecular weight is 237 g/mol. The number of carbonyl (C=O) groups excluding carboxylic acids is 1. The fraction of sp³-hybridized carbons (Fsp3) is 0.900. The standard InChI is InChI=1S/C10H20N2O2.ClH/c1-12(10(13)5-7-14-2)9-4-3-6-11-8-9;/h9,11H,3-8H2,1-2H3;1H/t9-;/m1./s1. The predicted molar refractivity (Wildman–Crippen MR) is 62.4 cm³/mol. The van der Waals surface area contributed by atoms with E-state index in [1.54, 1.807) is 7.11 Å². The predicted octanol–water partition coefficient (Wildman–Crippen LogP) is 0.655. The SMILES string of the molecule is COCCC(=O)N(C)[C@@H]1CCCNC1.Cl. The van der Waals surface area contributed by atoms with Crippen molar-refractivity contribution in [2.75, 3.05) is 33.9 Å². The number of amides is 1. The van der Waals surface area contributed by atoms with Gasteiger partial charge in [-0.15, -0.1) is 12.4 Å². The molecule has 5 heteroatoms. The molecule has 90 valence electrons. The molecule has 0 unspecified atom stereocenters. The van der Waals surface area contributed by atoms with Crippen molar-refractivity contribution in [1.82, 2.24) is 10.2 Å². The molecule has 1 aliphatic rings. The molecule has 0 aromatic rings. The van der Waals surface area contributed by atoms with Crippen molar-refractivity contribution in [2.24, 2.45) is 0 Å². The molecule has 4 nitrogen and oxygen atoms in total. The van der Waals surface area contributed by atoms with Crippen LogP contribution in [0, 0.1) is 0 Å². The Hall–Kier alpha value is -0.320. The van der Waals surface area contributed by atoms with E-state index in [4.69, 9.17) is 4.74 Å². The summed E-state index contributed by atoms with van der Waals surface area (Å²) in [5.41, 5.74) is 0. The van der Waals surface area contributed by atoms with Gasteiger partial charge in [0.2, 0.25) is 5.91 Å². The Bertz CT molecular complexity index is 184. The van der Waals surface area contributed by atoms with Crippen LogP contribution in [0.4, 0.5) is 0 Å². The third-order valence-corrected chi connectivity index (χ3v) is 2.73. The summed E-state index contributed by atoms with van der Waals surface area (Å²) >= 11 is 0. The highest BCUT2D eigenvalue weighted by atomic mass is 35.5. The zero-order valence-electron chi connectivity index (χ0n) is 9.49. The van der Waals surface area contributed by atoms with Crippen LogP contribution in [-0.2, 0) is 9.53 Å².